The lowest BCUT2D eigenvalue weighted by Gasteiger charge is -2.14. The molecule has 0 aromatic heterocycles. The molecule has 0 aliphatic carbocycles. The first-order valence-electron chi connectivity index (χ1n) is 6.26. The van der Waals surface area contributed by atoms with Gasteiger partial charge in [0.15, 0.2) is 0 Å². The molecule has 0 rings (SSSR count). The minimum atomic E-state index is -1.07. The Morgan fingerprint density at radius 1 is 1.11 bits per heavy atom. The number of esters is 2. The highest BCUT2D eigenvalue weighted by Gasteiger charge is 2.12. The van der Waals surface area contributed by atoms with Gasteiger partial charge in [0.05, 0.1) is 12.7 Å². The molecule has 0 aliphatic rings. The smallest absolute Gasteiger partial charge is 0.331 e. The number of carbonyl (C=O) groups excluding carboxylic acids is 2. The predicted molar refractivity (Wildman–Crippen MR) is 74.1 cm³/mol. The quantitative estimate of drug-likeness (QED) is 0.309. The largest absolute Gasteiger partial charge is 0.463 e. The third-order valence-corrected chi connectivity index (χ3v) is 3.88. The summed E-state index contributed by atoms with van der Waals surface area (Å²) in [6, 6.07) is 1.12. The van der Waals surface area contributed by atoms with E-state index in [4.69, 9.17) is 9.47 Å². The summed E-state index contributed by atoms with van der Waals surface area (Å²) in [7, 11) is -1.07. The highest BCUT2D eigenvalue weighted by molar-refractivity contribution is 6.76. The predicted octanol–water partition coefficient (Wildman–Crippen LogP) is 2.77. The van der Waals surface area contributed by atoms with Crippen molar-refractivity contribution >= 4 is 20.0 Å². The Morgan fingerprint density at radius 2 is 1.67 bits per heavy atom. The molecule has 0 unspecified atom stereocenters. The minimum absolute atomic E-state index is 0.185. The second-order valence-corrected chi connectivity index (χ2v) is 11.3. The zero-order chi connectivity index (χ0) is 14.2. The number of carbonyl (C=O) groups is 2. The summed E-state index contributed by atoms with van der Waals surface area (Å²) in [6.45, 7) is 10.7. The topological polar surface area (TPSA) is 52.6 Å². The van der Waals surface area contributed by atoms with E-state index in [0.717, 1.165) is 24.6 Å². The first-order chi connectivity index (χ1) is 8.20. The molecule has 0 aliphatic heterocycles. The third kappa shape index (κ3) is 11.4. The molecule has 0 aromatic carbocycles. The third-order valence-electron chi connectivity index (χ3n) is 2.02. The van der Waals surface area contributed by atoms with Gasteiger partial charge in [-0.3, -0.25) is 0 Å². The molecule has 0 radical (unpaired) electrons. The summed E-state index contributed by atoms with van der Waals surface area (Å²) in [5.74, 6) is -1.02. The van der Waals surface area contributed by atoms with Crippen molar-refractivity contribution in [2.75, 3.05) is 6.61 Å². The average molecular weight is 272 g/mol. The van der Waals surface area contributed by atoms with Crippen molar-refractivity contribution in [3.63, 3.8) is 0 Å². The fourth-order valence-electron chi connectivity index (χ4n) is 1.23. The van der Waals surface area contributed by atoms with Crippen molar-refractivity contribution in [2.45, 2.75) is 52.1 Å². The Morgan fingerprint density at radius 3 is 2.17 bits per heavy atom. The van der Waals surface area contributed by atoms with Gasteiger partial charge < -0.3 is 9.47 Å². The lowest BCUT2D eigenvalue weighted by molar-refractivity contribution is -0.142. The van der Waals surface area contributed by atoms with Crippen LogP contribution in [0, 0.1) is 0 Å². The van der Waals surface area contributed by atoms with Crippen LogP contribution in [0.15, 0.2) is 12.2 Å². The van der Waals surface area contributed by atoms with Gasteiger partial charge >= 0.3 is 11.9 Å². The summed E-state index contributed by atoms with van der Waals surface area (Å²) in [6.07, 6.45) is 2.90. The highest BCUT2D eigenvalue weighted by atomic mass is 28.3. The Bertz CT molecular complexity index is 303. The van der Waals surface area contributed by atoms with E-state index in [2.05, 4.69) is 19.6 Å². The maximum Gasteiger partial charge on any atom is 0.331 e. The molecule has 18 heavy (non-hydrogen) atoms. The lowest BCUT2D eigenvalue weighted by atomic mass is 10.4. The second kappa shape index (κ2) is 8.08. The van der Waals surface area contributed by atoms with Gasteiger partial charge in [-0.05, 0) is 20.3 Å². The Balaban J connectivity index is 3.78. The first-order valence-corrected chi connectivity index (χ1v) is 9.97. The van der Waals surface area contributed by atoms with Crippen molar-refractivity contribution in [2.24, 2.45) is 0 Å². The van der Waals surface area contributed by atoms with Crippen LogP contribution in [0.5, 0.6) is 0 Å². The standard InChI is InChI=1S/C13H24O4Si/c1-11(2)17-13(15)8-7-12(14)16-9-6-10-18(3,4)5/h7-8,11H,6,9-10H2,1-5H3. The zero-order valence-electron chi connectivity index (χ0n) is 12.0. The molecule has 0 aromatic rings. The molecule has 104 valence electrons. The van der Waals surface area contributed by atoms with Crippen LogP contribution in [0.25, 0.3) is 0 Å². The van der Waals surface area contributed by atoms with Crippen molar-refractivity contribution in [3.05, 3.63) is 12.2 Å². The van der Waals surface area contributed by atoms with Gasteiger partial charge in [-0.25, -0.2) is 9.59 Å². The van der Waals surface area contributed by atoms with Crippen molar-refractivity contribution in [1.82, 2.24) is 0 Å². The van der Waals surface area contributed by atoms with Gasteiger partial charge in [-0.15, -0.1) is 0 Å². The van der Waals surface area contributed by atoms with Gasteiger partial charge in [0.2, 0.25) is 0 Å². The molecule has 0 amide bonds. The highest BCUT2D eigenvalue weighted by Crippen LogP contribution is 2.10. The number of ether oxygens (including phenoxy) is 2. The van der Waals surface area contributed by atoms with E-state index in [9.17, 15) is 9.59 Å². The van der Waals surface area contributed by atoms with E-state index in [1.54, 1.807) is 13.8 Å². The first kappa shape index (κ1) is 16.9. The second-order valence-electron chi connectivity index (χ2n) is 5.65. The van der Waals surface area contributed by atoms with E-state index in [0.29, 0.717) is 6.61 Å². The fraction of sp³-hybridized carbons (Fsp3) is 0.692. The van der Waals surface area contributed by atoms with Crippen LogP contribution < -0.4 is 0 Å². The summed E-state index contributed by atoms with van der Waals surface area (Å²) < 4.78 is 9.82. The molecule has 0 bridgehead atoms. The van der Waals surface area contributed by atoms with Crippen molar-refractivity contribution in [3.8, 4) is 0 Å². The molecule has 4 nitrogen and oxygen atoms in total. The molecular weight excluding hydrogens is 248 g/mol. The van der Waals surface area contributed by atoms with Gasteiger partial charge in [0.25, 0.3) is 0 Å². The van der Waals surface area contributed by atoms with E-state index in [1.807, 2.05) is 0 Å². The molecule has 5 heteroatoms. The minimum Gasteiger partial charge on any atom is -0.463 e. The molecule has 0 heterocycles. The van der Waals surface area contributed by atoms with Gasteiger partial charge in [-0.2, -0.15) is 0 Å². The normalized spacial score (nSPS) is 11.9. The van der Waals surface area contributed by atoms with Crippen molar-refractivity contribution in [1.29, 1.82) is 0 Å². The fourth-order valence-corrected chi connectivity index (χ4v) is 2.44. The summed E-state index contributed by atoms with van der Waals surface area (Å²) in [5, 5.41) is 0. The zero-order valence-corrected chi connectivity index (χ0v) is 13.0. The molecule has 0 fully saturated rings. The maximum atomic E-state index is 11.3. The van der Waals surface area contributed by atoms with E-state index in [-0.39, 0.29) is 6.10 Å². The molecule has 0 spiro atoms. The summed E-state index contributed by atoms with van der Waals surface area (Å²) in [5.41, 5.74) is 0. The lowest BCUT2D eigenvalue weighted by Crippen LogP contribution is -2.20. The molecule has 0 saturated heterocycles. The monoisotopic (exact) mass is 272 g/mol. The Kier molecular flexibility index (Phi) is 7.58. The van der Waals surface area contributed by atoms with Crippen LogP contribution in [0.1, 0.15) is 20.3 Å². The van der Waals surface area contributed by atoms with Crippen LogP contribution in [0.2, 0.25) is 25.7 Å². The summed E-state index contributed by atoms with van der Waals surface area (Å²) >= 11 is 0. The molecular formula is C13H24O4Si. The summed E-state index contributed by atoms with van der Waals surface area (Å²) in [4.78, 5) is 22.4. The van der Waals surface area contributed by atoms with Gasteiger partial charge in [0.1, 0.15) is 0 Å². The van der Waals surface area contributed by atoms with Crippen LogP contribution >= 0.6 is 0 Å². The van der Waals surface area contributed by atoms with Crippen molar-refractivity contribution < 1.29 is 19.1 Å². The van der Waals surface area contributed by atoms with Gasteiger partial charge in [-0.1, -0.05) is 25.7 Å². The number of hydrogen-bond donors (Lipinski definition) is 0. The molecule has 0 atom stereocenters. The Labute approximate surface area is 110 Å². The SMILES string of the molecule is CC(C)OC(=O)C=CC(=O)OCCC[Si](C)(C)C. The number of rotatable bonds is 7. The van der Waals surface area contributed by atoms with E-state index in [1.165, 1.54) is 0 Å². The average Bonchev–Trinajstić information content (AvgIpc) is 2.19. The van der Waals surface area contributed by atoms with Gasteiger partial charge in [0, 0.05) is 20.2 Å². The van der Waals surface area contributed by atoms with E-state index < -0.39 is 20.0 Å². The molecule has 0 N–H and O–H groups in total. The van der Waals surface area contributed by atoms with Crippen LogP contribution in [0.3, 0.4) is 0 Å². The van der Waals surface area contributed by atoms with Crippen LogP contribution in [-0.2, 0) is 19.1 Å². The van der Waals surface area contributed by atoms with E-state index >= 15 is 0 Å². The van der Waals surface area contributed by atoms with Crippen LogP contribution in [0.4, 0.5) is 0 Å². The maximum absolute atomic E-state index is 11.3. The Hall–Kier alpha value is -1.10. The number of hydrogen-bond acceptors (Lipinski definition) is 4. The molecule has 0 saturated carbocycles. The van der Waals surface area contributed by atoms with Crippen LogP contribution in [-0.4, -0.2) is 32.7 Å².